The first kappa shape index (κ1) is 12.0. The van der Waals surface area contributed by atoms with Gasteiger partial charge in [0, 0.05) is 19.3 Å². The van der Waals surface area contributed by atoms with Crippen LogP contribution >= 0.6 is 0 Å². The van der Waals surface area contributed by atoms with Gasteiger partial charge in [-0.15, -0.1) is 10.2 Å². The van der Waals surface area contributed by atoms with Gasteiger partial charge in [-0.05, 0) is 6.42 Å². The summed E-state index contributed by atoms with van der Waals surface area (Å²) < 4.78 is 3.10. The summed E-state index contributed by atoms with van der Waals surface area (Å²) in [6.45, 7) is 1.41. The molecule has 2 heterocycles. The van der Waals surface area contributed by atoms with Crippen molar-refractivity contribution < 1.29 is 4.79 Å². The summed E-state index contributed by atoms with van der Waals surface area (Å²) in [5.41, 5.74) is 5.34. The van der Waals surface area contributed by atoms with Crippen LogP contribution in [-0.4, -0.2) is 42.2 Å². The maximum atomic E-state index is 11.5. The second-order valence-corrected chi connectivity index (χ2v) is 3.67. The standard InChI is InChI=1S/C9H14N8O/c10-9-12-7-17(14-9)6-8(18)11-2-1-4-16-5-3-13-15-16/h3,5,7H,1-2,4,6H2,(H2,10,14)(H,11,18). The second-order valence-electron chi connectivity index (χ2n) is 3.67. The van der Waals surface area contributed by atoms with E-state index in [9.17, 15) is 4.79 Å². The highest BCUT2D eigenvalue weighted by atomic mass is 16.2. The van der Waals surface area contributed by atoms with E-state index in [0.29, 0.717) is 6.54 Å². The molecule has 0 aromatic carbocycles. The number of nitrogens with one attached hydrogen (secondary N) is 1. The van der Waals surface area contributed by atoms with Crippen LogP contribution < -0.4 is 11.1 Å². The molecule has 96 valence electrons. The van der Waals surface area contributed by atoms with Crippen LogP contribution in [-0.2, 0) is 17.9 Å². The maximum Gasteiger partial charge on any atom is 0.241 e. The molecule has 18 heavy (non-hydrogen) atoms. The molecule has 2 rings (SSSR count). The van der Waals surface area contributed by atoms with Crippen molar-refractivity contribution in [1.29, 1.82) is 0 Å². The van der Waals surface area contributed by atoms with Crippen LogP contribution in [0.25, 0.3) is 0 Å². The average molecular weight is 250 g/mol. The van der Waals surface area contributed by atoms with E-state index in [1.165, 1.54) is 11.0 Å². The molecule has 0 atom stereocenters. The zero-order valence-corrected chi connectivity index (χ0v) is 9.73. The molecule has 2 aromatic heterocycles. The molecule has 0 aliphatic carbocycles. The largest absolute Gasteiger partial charge is 0.367 e. The average Bonchev–Trinajstić information content (AvgIpc) is 2.96. The van der Waals surface area contributed by atoms with E-state index < -0.39 is 0 Å². The monoisotopic (exact) mass is 250 g/mol. The van der Waals surface area contributed by atoms with Gasteiger partial charge in [0.1, 0.15) is 12.9 Å². The molecule has 9 heteroatoms. The third-order valence-corrected chi connectivity index (χ3v) is 2.22. The quantitative estimate of drug-likeness (QED) is 0.613. The number of anilines is 1. The maximum absolute atomic E-state index is 11.5. The summed E-state index contributed by atoms with van der Waals surface area (Å²) >= 11 is 0. The van der Waals surface area contributed by atoms with Crippen LogP contribution in [0.1, 0.15) is 6.42 Å². The van der Waals surface area contributed by atoms with Gasteiger partial charge in [0.05, 0.1) is 6.20 Å². The SMILES string of the molecule is Nc1ncn(CC(=O)NCCCn2ccnn2)n1. The van der Waals surface area contributed by atoms with Crippen LogP contribution in [0.5, 0.6) is 0 Å². The first-order valence-corrected chi connectivity index (χ1v) is 5.50. The summed E-state index contributed by atoms with van der Waals surface area (Å²) in [5, 5.41) is 14.1. The van der Waals surface area contributed by atoms with Gasteiger partial charge in [-0.3, -0.25) is 9.48 Å². The number of hydrogen-bond donors (Lipinski definition) is 2. The summed E-state index contributed by atoms with van der Waals surface area (Å²) in [6, 6.07) is 0. The lowest BCUT2D eigenvalue weighted by Crippen LogP contribution is -2.29. The minimum absolute atomic E-state index is 0.119. The third-order valence-electron chi connectivity index (χ3n) is 2.22. The molecule has 0 aliphatic rings. The van der Waals surface area contributed by atoms with E-state index in [1.807, 2.05) is 0 Å². The highest BCUT2D eigenvalue weighted by Gasteiger charge is 2.03. The molecule has 9 nitrogen and oxygen atoms in total. The number of nitrogens with two attached hydrogens (primary N) is 1. The Morgan fingerprint density at radius 1 is 1.44 bits per heavy atom. The van der Waals surface area contributed by atoms with Gasteiger partial charge in [-0.2, -0.15) is 0 Å². The van der Waals surface area contributed by atoms with Gasteiger partial charge < -0.3 is 11.1 Å². The lowest BCUT2D eigenvalue weighted by Gasteiger charge is -2.04. The Labute approximate surface area is 103 Å². The van der Waals surface area contributed by atoms with Gasteiger partial charge in [0.2, 0.25) is 11.9 Å². The number of aromatic nitrogens is 6. The molecule has 0 radical (unpaired) electrons. The summed E-state index contributed by atoms with van der Waals surface area (Å²) in [5.74, 6) is 0.0347. The summed E-state index contributed by atoms with van der Waals surface area (Å²) in [4.78, 5) is 15.2. The highest BCUT2D eigenvalue weighted by Crippen LogP contribution is 1.90. The summed E-state index contributed by atoms with van der Waals surface area (Å²) in [6.07, 6.45) is 5.60. The zero-order chi connectivity index (χ0) is 12.8. The lowest BCUT2D eigenvalue weighted by atomic mass is 10.4. The predicted molar refractivity (Wildman–Crippen MR) is 62.1 cm³/mol. The van der Waals surface area contributed by atoms with Crippen molar-refractivity contribution >= 4 is 11.9 Å². The van der Waals surface area contributed by atoms with Crippen molar-refractivity contribution in [2.24, 2.45) is 0 Å². The molecule has 0 saturated heterocycles. The van der Waals surface area contributed by atoms with Crippen LogP contribution in [0.4, 0.5) is 5.95 Å². The van der Waals surface area contributed by atoms with Crippen molar-refractivity contribution in [3.63, 3.8) is 0 Å². The van der Waals surface area contributed by atoms with E-state index in [4.69, 9.17) is 5.73 Å². The Morgan fingerprint density at radius 3 is 3.00 bits per heavy atom. The number of hydrogen-bond acceptors (Lipinski definition) is 6. The molecule has 0 fully saturated rings. The Hall–Kier alpha value is -2.45. The van der Waals surface area contributed by atoms with E-state index >= 15 is 0 Å². The normalized spacial score (nSPS) is 10.4. The van der Waals surface area contributed by atoms with Gasteiger partial charge in [0.15, 0.2) is 0 Å². The Kier molecular flexibility index (Phi) is 3.84. The first-order valence-electron chi connectivity index (χ1n) is 5.50. The van der Waals surface area contributed by atoms with Crippen molar-refractivity contribution in [1.82, 2.24) is 35.1 Å². The van der Waals surface area contributed by atoms with Crippen LogP contribution in [0.3, 0.4) is 0 Å². The van der Waals surface area contributed by atoms with Crippen LogP contribution in [0, 0.1) is 0 Å². The Balaban J connectivity index is 1.63. The van der Waals surface area contributed by atoms with E-state index in [1.54, 1.807) is 17.1 Å². The summed E-state index contributed by atoms with van der Waals surface area (Å²) in [7, 11) is 0. The van der Waals surface area contributed by atoms with Crippen LogP contribution in [0.2, 0.25) is 0 Å². The predicted octanol–water partition coefficient (Wildman–Crippen LogP) is -1.34. The topological polar surface area (TPSA) is 117 Å². The molecular formula is C9H14N8O. The second kappa shape index (κ2) is 5.75. The van der Waals surface area contributed by atoms with Crippen LogP contribution in [0.15, 0.2) is 18.7 Å². The van der Waals surface area contributed by atoms with Gasteiger partial charge in [-0.1, -0.05) is 5.21 Å². The lowest BCUT2D eigenvalue weighted by molar-refractivity contribution is -0.121. The molecule has 2 aromatic rings. The van der Waals surface area contributed by atoms with Gasteiger partial charge in [0.25, 0.3) is 0 Å². The molecule has 0 unspecified atom stereocenters. The number of amides is 1. The minimum Gasteiger partial charge on any atom is -0.367 e. The van der Waals surface area contributed by atoms with Crippen molar-refractivity contribution in [3.8, 4) is 0 Å². The number of rotatable bonds is 6. The number of nitrogens with zero attached hydrogens (tertiary/aromatic N) is 6. The van der Waals surface area contributed by atoms with E-state index in [2.05, 4.69) is 25.7 Å². The fraction of sp³-hybridized carbons (Fsp3) is 0.444. The van der Waals surface area contributed by atoms with Crippen molar-refractivity contribution in [2.75, 3.05) is 12.3 Å². The van der Waals surface area contributed by atoms with E-state index in [0.717, 1.165) is 13.0 Å². The number of aryl methyl sites for hydroxylation is 1. The minimum atomic E-state index is -0.126. The third kappa shape index (κ3) is 3.54. The smallest absolute Gasteiger partial charge is 0.241 e. The van der Waals surface area contributed by atoms with Gasteiger partial charge >= 0.3 is 0 Å². The Morgan fingerprint density at radius 2 is 2.33 bits per heavy atom. The number of nitrogen functional groups attached to an aromatic ring is 1. The van der Waals surface area contributed by atoms with Crippen molar-refractivity contribution in [3.05, 3.63) is 18.7 Å². The molecule has 3 N–H and O–H groups in total. The van der Waals surface area contributed by atoms with E-state index in [-0.39, 0.29) is 18.4 Å². The molecule has 0 bridgehead atoms. The number of carbonyl (C=O) groups excluding carboxylic acids is 1. The number of carbonyl (C=O) groups is 1. The molecular weight excluding hydrogens is 236 g/mol. The molecule has 1 amide bonds. The molecule has 0 aliphatic heterocycles. The fourth-order valence-electron chi connectivity index (χ4n) is 1.41. The molecule has 0 saturated carbocycles. The van der Waals surface area contributed by atoms with Gasteiger partial charge in [-0.25, -0.2) is 9.67 Å². The Bertz CT molecular complexity index is 490. The van der Waals surface area contributed by atoms with Crippen molar-refractivity contribution in [2.45, 2.75) is 19.5 Å². The highest BCUT2D eigenvalue weighted by molar-refractivity contribution is 5.75. The first-order chi connectivity index (χ1) is 8.74. The zero-order valence-electron chi connectivity index (χ0n) is 9.73. The molecule has 0 spiro atoms. The fourth-order valence-corrected chi connectivity index (χ4v) is 1.41.